The van der Waals surface area contributed by atoms with E-state index in [2.05, 4.69) is 11.4 Å². The zero-order valence-electron chi connectivity index (χ0n) is 11.8. The molecule has 20 heavy (non-hydrogen) atoms. The van der Waals surface area contributed by atoms with Gasteiger partial charge in [0.25, 0.3) is 0 Å². The van der Waals surface area contributed by atoms with Crippen LogP contribution >= 0.6 is 0 Å². The van der Waals surface area contributed by atoms with Gasteiger partial charge in [0.05, 0.1) is 17.8 Å². The van der Waals surface area contributed by atoms with Crippen molar-refractivity contribution in [3.8, 4) is 6.07 Å². The van der Waals surface area contributed by atoms with E-state index in [1.807, 2.05) is 11.9 Å². The minimum Gasteiger partial charge on any atom is -0.396 e. The summed E-state index contributed by atoms with van der Waals surface area (Å²) in [6.07, 6.45) is 2.72. The number of nitriles is 1. The molecule has 0 aromatic heterocycles. The first kappa shape index (κ1) is 16.2. The largest absolute Gasteiger partial charge is 0.396 e. The van der Waals surface area contributed by atoms with Crippen LogP contribution in [0.4, 0.5) is 5.69 Å². The number of benzene rings is 1. The van der Waals surface area contributed by atoms with Crippen molar-refractivity contribution in [1.82, 2.24) is 4.90 Å². The van der Waals surface area contributed by atoms with E-state index in [1.165, 1.54) is 0 Å². The van der Waals surface area contributed by atoms with Crippen LogP contribution in [-0.4, -0.2) is 42.7 Å². The molecular formula is C15H21N3O2. The highest BCUT2D eigenvalue weighted by molar-refractivity contribution is 5.93. The first-order valence-electron chi connectivity index (χ1n) is 6.75. The Labute approximate surface area is 119 Å². The molecule has 0 saturated heterocycles. The van der Waals surface area contributed by atoms with Gasteiger partial charge in [-0.25, -0.2) is 0 Å². The maximum absolute atomic E-state index is 11.9. The van der Waals surface area contributed by atoms with Gasteiger partial charge in [0.1, 0.15) is 6.07 Å². The van der Waals surface area contributed by atoms with Gasteiger partial charge in [-0.1, -0.05) is 12.1 Å². The monoisotopic (exact) mass is 275 g/mol. The number of carbonyl (C=O) groups is 1. The summed E-state index contributed by atoms with van der Waals surface area (Å²) >= 11 is 0. The Morgan fingerprint density at radius 3 is 2.80 bits per heavy atom. The quantitative estimate of drug-likeness (QED) is 0.706. The second kappa shape index (κ2) is 9.08. The van der Waals surface area contributed by atoms with Crippen LogP contribution in [0.2, 0.25) is 0 Å². The van der Waals surface area contributed by atoms with Gasteiger partial charge in [-0.2, -0.15) is 5.26 Å². The number of hydrogen-bond donors (Lipinski definition) is 2. The SMILES string of the molecule is CN(CCCCCO)CC(=O)Nc1ccccc1C#N. The van der Waals surface area contributed by atoms with Crippen LogP contribution in [0.25, 0.3) is 0 Å². The normalized spacial score (nSPS) is 10.3. The van der Waals surface area contributed by atoms with Crippen molar-refractivity contribution < 1.29 is 9.90 Å². The first-order chi connectivity index (χ1) is 9.67. The molecular weight excluding hydrogens is 254 g/mol. The summed E-state index contributed by atoms with van der Waals surface area (Å²) in [5.74, 6) is -0.127. The standard InChI is InChI=1S/C15H21N3O2/c1-18(9-5-2-6-10-19)12-15(20)17-14-8-4-3-7-13(14)11-16/h3-4,7-8,19H,2,5-6,9-10,12H2,1H3,(H,17,20). The average molecular weight is 275 g/mol. The highest BCUT2D eigenvalue weighted by Crippen LogP contribution is 2.13. The molecule has 2 N–H and O–H groups in total. The summed E-state index contributed by atoms with van der Waals surface area (Å²) in [6.45, 7) is 1.32. The van der Waals surface area contributed by atoms with E-state index in [9.17, 15) is 4.79 Å². The lowest BCUT2D eigenvalue weighted by Crippen LogP contribution is -2.31. The molecule has 0 fully saturated rings. The number of carbonyl (C=O) groups excluding carboxylic acids is 1. The maximum atomic E-state index is 11.9. The molecule has 108 valence electrons. The van der Waals surface area contributed by atoms with Crippen LogP contribution in [0.3, 0.4) is 0 Å². The fourth-order valence-electron chi connectivity index (χ4n) is 1.87. The molecule has 0 spiro atoms. The molecule has 0 bridgehead atoms. The summed E-state index contributed by atoms with van der Waals surface area (Å²) in [5.41, 5.74) is 1.01. The Morgan fingerprint density at radius 2 is 2.10 bits per heavy atom. The highest BCUT2D eigenvalue weighted by Gasteiger charge is 2.08. The van der Waals surface area contributed by atoms with Gasteiger partial charge >= 0.3 is 0 Å². The molecule has 0 unspecified atom stereocenters. The van der Waals surface area contributed by atoms with E-state index in [4.69, 9.17) is 10.4 Å². The van der Waals surface area contributed by atoms with Crippen LogP contribution < -0.4 is 5.32 Å². The number of aliphatic hydroxyl groups excluding tert-OH is 1. The van der Waals surface area contributed by atoms with Crippen molar-refractivity contribution in [2.75, 3.05) is 32.1 Å². The minimum atomic E-state index is -0.127. The molecule has 5 nitrogen and oxygen atoms in total. The van der Waals surface area contributed by atoms with Gasteiger partial charge in [0.15, 0.2) is 0 Å². The number of amides is 1. The number of aliphatic hydroxyl groups is 1. The summed E-state index contributed by atoms with van der Waals surface area (Å²) in [6, 6.07) is 9.00. The van der Waals surface area contributed by atoms with Crippen LogP contribution in [-0.2, 0) is 4.79 Å². The summed E-state index contributed by atoms with van der Waals surface area (Å²) < 4.78 is 0. The van der Waals surface area contributed by atoms with Gasteiger partial charge in [0.2, 0.25) is 5.91 Å². The fraction of sp³-hybridized carbons (Fsp3) is 0.467. The van der Waals surface area contributed by atoms with Crippen molar-refractivity contribution in [3.63, 3.8) is 0 Å². The molecule has 0 saturated carbocycles. The van der Waals surface area contributed by atoms with Crippen molar-refractivity contribution in [2.24, 2.45) is 0 Å². The van der Waals surface area contributed by atoms with E-state index in [0.717, 1.165) is 25.8 Å². The molecule has 1 aromatic carbocycles. The lowest BCUT2D eigenvalue weighted by Gasteiger charge is -2.16. The van der Waals surface area contributed by atoms with Gasteiger partial charge in [0, 0.05) is 6.61 Å². The smallest absolute Gasteiger partial charge is 0.238 e. The third-order valence-electron chi connectivity index (χ3n) is 2.93. The Balaban J connectivity index is 2.38. The van der Waals surface area contributed by atoms with Crippen LogP contribution in [0, 0.1) is 11.3 Å². The predicted molar refractivity (Wildman–Crippen MR) is 78.2 cm³/mol. The maximum Gasteiger partial charge on any atom is 0.238 e. The van der Waals surface area contributed by atoms with E-state index >= 15 is 0 Å². The van der Waals surface area contributed by atoms with E-state index in [0.29, 0.717) is 17.8 Å². The minimum absolute atomic E-state index is 0.127. The molecule has 0 heterocycles. The predicted octanol–water partition coefficient (Wildman–Crippen LogP) is 1.59. The number of unbranched alkanes of at least 4 members (excludes halogenated alkanes) is 2. The summed E-state index contributed by atoms with van der Waals surface area (Å²) in [4.78, 5) is 13.8. The van der Waals surface area contributed by atoms with E-state index < -0.39 is 0 Å². The first-order valence-corrected chi connectivity index (χ1v) is 6.75. The second-order valence-electron chi connectivity index (χ2n) is 4.73. The van der Waals surface area contributed by atoms with Crippen LogP contribution in [0.15, 0.2) is 24.3 Å². The van der Waals surface area contributed by atoms with Gasteiger partial charge < -0.3 is 10.4 Å². The van der Waals surface area contributed by atoms with Gasteiger partial charge in [-0.15, -0.1) is 0 Å². The number of hydrogen-bond acceptors (Lipinski definition) is 4. The average Bonchev–Trinajstić information content (AvgIpc) is 2.44. The zero-order valence-corrected chi connectivity index (χ0v) is 11.8. The molecule has 1 aromatic rings. The Morgan fingerprint density at radius 1 is 1.35 bits per heavy atom. The van der Waals surface area contributed by atoms with Crippen molar-refractivity contribution in [2.45, 2.75) is 19.3 Å². The summed E-state index contributed by atoms with van der Waals surface area (Å²) in [5, 5.41) is 20.4. The number of likely N-dealkylation sites (N-methyl/N-ethyl adjacent to an activating group) is 1. The van der Waals surface area contributed by atoms with E-state index in [1.54, 1.807) is 24.3 Å². The third kappa shape index (κ3) is 5.83. The Bertz CT molecular complexity index is 468. The Kier molecular flexibility index (Phi) is 7.33. The molecule has 1 rings (SSSR count). The number of rotatable bonds is 8. The number of nitrogens with one attached hydrogen (secondary N) is 1. The number of para-hydroxylation sites is 1. The third-order valence-corrected chi connectivity index (χ3v) is 2.93. The van der Waals surface area contributed by atoms with Crippen LogP contribution in [0.5, 0.6) is 0 Å². The lowest BCUT2D eigenvalue weighted by molar-refractivity contribution is -0.117. The van der Waals surface area contributed by atoms with E-state index in [-0.39, 0.29) is 12.5 Å². The highest BCUT2D eigenvalue weighted by atomic mass is 16.2. The van der Waals surface area contributed by atoms with Crippen molar-refractivity contribution in [3.05, 3.63) is 29.8 Å². The van der Waals surface area contributed by atoms with Crippen molar-refractivity contribution in [1.29, 1.82) is 5.26 Å². The van der Waals surface area contributed by atoms with Crippen molar-refractivity contribution >= 4 is 11.6 Å². The second-order valence-corrected chi connectivity index (χ2v) is 4.73. The van der Waals surface area contributed by atoms with Crippen LogP contribution in [0.1, 0.15) is 24.8 Å². The molecule has 0 radical (unpaired) electrons. The molecule has 0 atom stereocenters. The molecule has 5 heteroatoms. The zero-order chi connectivity index (χ0) is 14.8. The van der Waals surface area contributed by atoms with Gasteiger partial charge in [-0.3, -0.25) is 9.69 Å². The Hall–Kier alpha value is -1.90. The summed E-state index contributed by atoms with van der Waals surface area (Å²) in [7, 11) is 1.88. The van der Waals surface area contributed by atoms with Gasteiger partial charge in [-0.05, 0) is 45.0 Å². The number of nitrogens with zero attached hydrogens (tertiary/aromatic N) is 2. The number of anilines is 1. The molecule has 0 aliphatic heterocycles. The molecule has 0 aliphatic carbocycles. The lowest BCUT2D eigenvalue weighted by atomic mass is 10.2. The topological polar surface area (TPSA) is 76.4 Å². The molecule has 0 aliphatic rings. The fourth-order valence-corrected chi connectivity index (χ4v) is 1.87. The molecule has 1 amide bonds.